The second-order valence-corrected chi connectivity index (χ2v) is 5.61. The van der Waals surface area contributed by atoms with Crippen LogP contribution in [0.15, 0.2) is 24.3 Å². The van der Waals surface area contributed by atoms with Crippen LogP contribution in [0, 0.1) is 0 Å². The van der Waals surface area contributed by atoms with Gasteiger partial charge in [-0.1, -0.05) is 20.8 Å². The molecule has 0 aliphatic carbocycles. The molecule has 3 nitrogen and oxygen atoms in total. The van der Waals surface area contributed by atoms with E-state index in [0.717, 1.165) is 34.5 Å². The molecular formula is C15H21N3. The van der Waals surface area contributed by atoms with Crippen LogP contribution in [0.25, 0.3) is 10.9 Å². The van der Waals surface area contributed by atoms with Crippen LogP contribution in [0.4, 0.5) is 11.4 Å². The van der Waals surface area contributed by atoms with Crippen molar-refractivity contribution in [3.8, 4) is 0 Å². The van der Waals surface area contributed by atoms with E-state index in [1.165, 1.54) is 0 Å². The van der Waals surface area contributed by atoms with Gasteiger partial charge in [-0.05, 0) is 31.2 Å². The van der Waals surface area contributed by atoms with E-state index >= 15 is 0 Å². The van der Waals surface area contributed by atoms with Gasteiger partial charge in [0.25, 0.3) is 0 Å². The lowest BCUT2D eigenvalue weighted by atomic mass is 9.90. The molecule has 0 aliphatic heterocycles. The largest absolute Gasteiger partial charge is 0.399 e. The van der Waals surface area contributed by atoms with Crippen molar-refractivity contribution in [1.29, 1.82) is 0 Å². The zero-order valence-corrected chi connectivity index (χ0v) is 11.5. The first-order valence-electron chi connectivity index (χ1n) is 6.36. The molecule has 0 bridgehead atoms. The molecule has 0 spiro atoms. The smallest absolute Gasteiger partial charge is 0.0727 e. The zero-order valence-electron chi connectivity index (χ0n) is 11.5. The fraction of sp³-hybridized carbons (Fsp3) is 0.400. The van der Waals surface area contributed by atoms with E-state index < -0.39 is 0 Å². The summed E-state index contributed by atoms with van der Waals surface area (Å²) in [5, 5.41) is 4.48. The van der Waals surface area contributed by atoms with Crippen LogP contribution < -0.4 is 11.1 Å². The minimum atomic E-state index is 0.0414. The topological polar surface area (TPSA) is 50.9 Å². The van der Waals surface area contributed by atoms with Gasteiger partial charge in [0.05, 0.1) is 5.52 Å². The Morgan fingerprint density at radius 1 is 1.22 bits per heavy atom. The van der Waals surface area contributed by atoms with E-state index in [-0.39, 0.29) is 5.41 Å². The highest BCUT2D eigenvalue weighted by atomic mass is 14.9. The Bertz CT molecular complexity index is 568. The molecule has 0 radical (unpaired) electrons. The number of fused-ring (bicyclic) bond motifs is 1. The lowest BCUT2D eigenvalue weighted by Crippen LogP contribution is -2.14. The van der Waals surface area contributed by atoms with Gasteiger partial charge >= 0.3 is 0 Å². The van der Waals surface area contributed by atoms with Crippen molar-refractivity contribution in [2.75, 3.05) is 17.6 Å². The third kappa shape index (κ3) is 2.40. The van der Waals surface area contributed by atoms with E-state index in [1.54, 1.807) is 0 Å². The highest BCUT2D eigenvalue weighted by molar-refractivity contribution is 5.93. The Hall–Kier alpha value is -1.77. The number of nitrogens with two attached hydrogens (primary N) is 1. The predicted octanol–water partition coefficient (Wildman–Crippen LogP) is 3.55. The van der Waals surface area contributed by atoms with Crippen molar-refractivity contribution < 1.29 is 0 Å². The van der Waals surface area contributed by atoms with E-state index in [4.69, 9.17) is 10.7 Å². The normalized spacial score (nSPS) is 11.8. The maximum atomic E-state index is 5.86. The molecular weight excluding hydrogens is 222 g/mol. The lowest BCUT2D eigenvalue weighted by Gasteiger charge is -2.20. The maximum Gasteiger partial charge on any atom is 0.0727 e. The van der Waals surface area contributed by atoms with Crippen LogP contribution in [0.2, 0.25) is 0 Å². The van der Waals surface area contributed by atoms with Crippen LogP contribution in [-0.2, 0) is 5.41 Å². The average Bonchev–Trinajstić information content (AvgIpc) is 2.28. The summed E-state index contributed by atoms with van der Waals surface area (Å²) in [6.07, 6.45) is 0. The number of aromatic nitrogens is 1. The van der Waals surface area contributed by atoms with E-state index in [2.05, 4.69) is 39.1 Å². The number of nitrogen functional groups attached to an aromatic ring is 1. The summed E-state index contributed by atoms with van der Waals surface area (Å²) in [6.45, 7) is 9.50. The molecule has 3 heteroatoms. The molecule has 1 aromatic carbocycles. The molecule has 0 saturated heterocycles. The first kappa shape index (κ1) is 12.7. The quantitative estimate of drug-likeness (QED) is 0.793. The van der Waals surface area contributed by atoms with E-state index in [1.807, 2.05) is 18.2 Å². The van der Waals surface area contributed by atoms with Gasteiger partial charge in [0.15, 0.2) is 0 Å². The first-order valence-corrected chi connectivity index (χ1v) is 6.36. The van der Waals surface area contributed by atoms with Gasteiger partial charge in [0, 0.05) is 34.4 Å². The number of rotatable bonds is 2. The Morgan fingerprint density at radius 3 is 2.56 bits per heavy atom. The standard InChI is InChI=1S/C15H21N3/c1-5-17-13-9-14(15(2,3)4)18-12-7-6-10(16)8-11(12)13/h6-9H,5,16H2,1-4H3,(H,17,18). The molecule has 18 heavy (non-hydrogen) atoms. The van der Waals surface area contributed by atoms with Crippen LogP contribution in [0.5, 0.6) is 0 Å². The Morgan fingerprint density at radius 2 is 1.94 bits per heavy atom. The molecule has 0 amide bonds. The number of benzene rings is 1. The summed E-state index contributed by atoms with van der Waals surface area (Å²) in [4.78, 5) is 4.73. The highest BCUT2D eigenvalue weighted by Crippen LogP contribution is 2.30. The molecule has 0 unspecified atom stereocenters. The summed E-state index contributed by atoms with van der Waals surface area (Å²) >= 11 is 0. The zero-order chi connectivity index (χ0) is 13.3. The minimum Gasteiger partial charge on any atom is -0.399 e. The lowest BCUT2D eigenvalue weighted by molar-refractivity contribution is 0.572. The molecule has 96 valence electrons. The van der Waals surface area contributed by atoms with Crippen LogP contribution in [0.3, 0.4) is 0 Å². The molecule has 1 aromatic heterocycles. The molecule has 1 heterocycles. The first-order chi connectivity index (χ1) is 8.41. The van der Waals surface area contributed by atoms with Gasteiger partial charge in [0.2, 0.25) is 0 Å². The van der Waals surface area contributed by atoms with Gasteiger partial charge in [-0.2, -0.15) is 0 Å². The number of anilines is 2. The highest BCUT2D eigenvalue weighted by Gasteiger charge is 2.17. The average molecular weight is 243 g/mol. The second-order valence-electron chi connectivity index (χ2n) is 5.61. The third-order valence-electron chi connectivity index (χ3n) is 2.97. The SMILES string of the molecule is CCNc1cc(C(C)(C)C)nc2ccc(N)cc12. The molecule has 0 saturated carbocycles. The molecule has 2 rings (SSSR count). The molecule has 0 aliphatic rings. The van der Waals surface area contributed by atoms with E-state index in [0.29, 0.717) is 0 Å². The number of hydrogen-bond donors (Lipinski definition) is 2. The number of nitrogens with one attached hydrogen (secondary N) is 1. The molecule has 2 aromatic rings. The summed E-state index contributed by atoms with van der Waals surface area (Å²) in [5.41, 5.74) is 9.87. The van der Waals surface area contributed by atoms with Crippen LogP contribution in [-0.4, -0.2) is 11.5 Å². The second kappa shape index (κ2) is 4.48. The fourth-order valence-electron chi connectivity index (χ4n) is 1.96. The van der Waals surface area contributed by atoms with Gasteiger partial charge in [-0.25, -0.2) is 0 Å². The van der Waals surface area contributed by atoms with Gasteiger partial charge < -0.3 is 11.1 Å². The van der Waals surface area contributed by atoms with Crippen molar-refractivity contribution in [1.82, 2.24) is 4.98 Å². The number of pyridine rings is 1. The van der Waals surface area contributed by atoms with Crippen molar-refractivity contribution in [3.63, 3.8) is 0 Å². The minimum absolute atomic E-state index is 0.0414. The monoisotopic (exact) mass is 243 g/mol. The Labute approximate surface area is 108 Å². The summed E-state index contributed by atoms with van der Waals surface area (Å²) in [6, 6.07) is 8.00. The van der Waals surface area contributed by atoms with Gasteiger partial charge in [0.1, 0.15) is 0 Å². The van der Waals surface area contributed by atoms with Crippen molar-refractivity contribution in [2.45, 2.75) is 33.1 Å². The van der Waals surface area contributed by atoms with E-state index in [9.17, 15) is 0 Å². The third-order valence-corrected chi connectivity index (χ3v) is 2.97. The summed E-state index contributed by atoms with van der Waals surface area (Å²) < 4.78 is 0. The molecule has 3 N–H and O–H groups in total. The number of hydrogen-bond acceptors (Lipinski definition) is 3. The maximum absolute atomic E-state index is 5.86. The number of nitrogens with zero attached hydrogens (tertiary/aromatic N) is 1. The Balaban J connectivity index is 2.70. The van der Waals surface area contributed by atoms with Crippen LogP contribution in [0.1, 0.15) is 33.4 Å². The van der Waals surface area contributed by atoms with Gasteiger partial charge in [-0.15, -0.1) is 0 Å². The predicted molar refractivity (Wildman–Crippen MR) is 79.0 cm³/mol. The van der Waals surface area contributed by atoms with Crippen molar-refractivity contribution in [3.05, 3.63) is 30.0 Å². The van der Waals surface area contributed by atoms with Crippen molar-refractivity contribution >= 4 is 22.3 Å². The summed E-state index contributed by atoms with van der Waals surface area (Å²) in [7, 11) is 0. The summed E-state index contributed by atoms with van der Waals surface area (Å²) in [5.74, 6) is 0. The Kier molecular flexibility index (Phi) is 3.16. The molecule has 0 fully saturated rings. The van der Waals surface area contributed by atoms with Crippen molar-refractivity contribution in [2.24, 2.45) is 0 Å². The van der Waals surface area contributed by atoms with Gasteiger partial charge in [-0.3, -0.25) is 4.98 Å². The van der Waals surface area contributed by atoms with Crippen LogP contribution >= 0.6 is 0 Å². The molecule has 0 atom stereocenters. The fourth-order valence-corrected chi connectivity index (χ4v) is 1.96.